The van der Waals surface area contributed by atoms with Crippen molar-refractivity contribution in [2.75, 3.05) is 38.2 Å². The van der Waals surface area contributed by atoms with Crippen LogP contribution in [-0.4, -0.2) is 33.3 Å². The third-order valence-corrected chi connectivity index (χ3v) is 2.93. The average molecular weight is 224 g/mol. The molecule has 0 bridgehead atoms. The zero-order valence-electron chi connectivity index (χ0n) is 9.72. The van der Waals surface area contributed by atoms with E-state index in [2.05, 4.69) is 10.2 Å². The van der Waals surface area contributed by atoms with Gasteiger partial charge < -0.3 is 15.0 Å². The summed E-state index contributed by atoms with van der Waals surface area (Å²) in [5.41, 5.74) is 2.03. The Balaban J connectivity index is 2.29. The Morgan fingerprint density at radius 1 is 1.31 bits per heavy atom. The van der Waals surface area contributed by atoms with Gasteiger partial charge in [-0.1, -0.05) is 0 Å². The maximum absolute atomic E-state index is 13.6. The summed E-state index contributed by atoms with van der Waals surface area (Å²) < 4.78 is 18.6. The second-order valence-corrected chi connectivity index (χ2v) is 4.01. The van der Waals surface area contributed by atoms with E-state index < -0.39 is 0 Å². The van der Waals surface area contributed by atoms with Gasteiger partial charge in [-0.2, -0.15) is 0 Å². The number of halogens is 1. The topological polar surface area (TPSA) is 24.5 Å². The normalized spacial score (nSPS) is 16.3. The summed E-state index contributed by atoms with van der Waals surface area (Å²) in [5, 5.41) is 3.28. The summed E-state index contributed by atoms with van der Waals surface area (Å²) in [6.45, 7) is 5.73. The lowest BCUT2D eigenvalue weighted by molar-refractivity contribution is 0.386. The van der Waals surface area contributed by atoms with E-state index in [1.807, 2.05) is 6.92 Å². The van der Waals surface area contributed by atoms with E-state index in [1.165, 1.54) is 7.11 Å². The smallest absolute Gasteiger partial charge is 0.167 e. The third kappa shape index (κ3) is 2.11. The number of methoxy groups -OCH3 is 1. The molecule has 1 aromatic carbocycles. The third-order valence-electron chi connectivity index (χ3n) is 2.93. The number of hydrogen-bond donors (Lipinski definition) is 1. The molecule has 1 N–H and O–H groups in total. The zero-order chi connectivity index (χ0) is 11.5. The van der Waals surface area contributed by atoms with E-state index in [9.17, 15) is 4.39 Å². The standard InChI is InChI=1S/C12H17FN2O/c1-9-7-12(16-2)10(13)8-11(9)15-5-3-14-4-6-15/h7-8,14H,3-6H2,1-2H3. The van der Waals surface area contributed by atoms with Gasteiger partial charge in [-0.15, -0.1) is 0 Å². The van der Waals surface area contributed by atoms with Crippen LogP contribution in [0.15, 0.2) is 12.1 Å². The number of benzene rings is 1. The van der Waals surface area contributed by atoms with Gasteiger partial charge >= 0.3 is 0 Å². The van der Waals surface area contributed by atoms with Crippen LogP contribution in [0.25, 0.3) is 0 Å². The Morgan fingerprint density at radius 3 is 2.62 bits per heavy atom. The van der Waals surface area contributed by atoms with Gasteiger partial charge in [0.15, 0.2) is 11.6 Å². The molecule has 1 aromatic rings. The minimum atomic E-state index is -0.290. The molecule has 1 aliphatic heterocycles. The van der Waals surface area contributed by atoms with E-state index in [0.29, 0.717) is 5.75 Å². The van der Waals surface area contributed by atoms with Crippen molar-refractivity contribution in [2.45, 2.75) is 6.92 Å². The Bertz CT molecular complexity index is 376. The van der Waals surface area contributed by atoms with Gasteiger partial charge in [0.25, 0.3) is 0 Å². The summed E-state index contributed by atoms with van der Waals surface area (Å²) in [4.78, 5) is 2.20. The van der Waals surface area contributed by atoms with Gasteiger partial charge in [0, 0.05) is 37.9 Å². The molecule has 1 heterocycles. The van der Waals surface area contributed by atoms with Crippen LogP contribution in [0, 0.1) is 12.7 Å². The van der Waals surface area contributed by atoms with Crippen LogP contribution in [0.5, 0.6) is 5.75 Å². The quantitative estimate of drug-likeness (QED) is 0.825. The van der Waals surface area contributed by atoms with E-state index in [-0.39, 0.29) is 5.82 Å². The SMILES string of the molecule is COc1cc(C)c(N2CCNCC2)cc1F. The summed E-state index contributed by atoms with van der Waals surface area (Å²) in [6.07, 6.45) is 0. The number of anilines is 1. The second kappa shape index (κ2) is 4.70. The van der Waals surface area contributed by atoms with Crippen LogP contribution >= 0.6 is 0 Å². The number of ether oxygens (including phenoxy) is 1. The fraction of sp³-hybridized carbons (Fsp3) is 0.500. The highest BCUT2D eigenvalue weighted by Crippen LogP contribution is 2.28. The van der Waals surface area contributed by atoms with Crippen molar-refractivity contribution in [3.8, 4) is 5.75 Å². The molecule has 0 unspecified atom stereocenters. The summed E-state index contributed by atoms with van der Waals surface area (Å²) in [5.74, 6) is 0.0259. The summed E-state index contributed by atoms with van der Waals surface area (Å²) >= 11 is 0. The van der Waals surface area contributed by atoms with E-state index >= 15 is 0 Å². The number of hydrogen-bond acceptors (Lipinski definition) is 3. The van der Waals surface area contributed by atoms with Crippen molar-refractivity contribution >= 4 is 5.69 Å². The van der Waals surface area contributed by atoms with Gasteiger partial charge in [0.05, 0.1) is 7.11 Å². The zero-order valence-corrected chi connectivity index (χ0v) is 9.72. The lowest BCUT2D eigenvalue weighted by Gasteiger charge is -2.30. The number of piperazine rings is 1. The molecule has 2 rings (SSSR count). The van der Waals surface area contributed by atoms with Crippen LogP contribution in [0.2, 0.25) is 0 Å². The highest BCUT2D eigenvalue weighted by molar-refractivity contribution is 5.56. The Morgan fingerprint density at radius 2 is 2.00 bits per heavy atom. The number of nitrogens with zero attached hydrogens (tertiary/aromatic N) is 1. The highest BCUT2D eigenvalue weighted by Gasteiger charge is 2.15. The summed E-state index contributed by atoms with van der Waals surface area (Å²) in [6, 6.07) is 3.33. The van der Waals surface area contributed by atoms with Gasteiger partial charge in [-0.05, 0) is 18.6 Å². The van der Waals surface area contributed by atoms with Crippen LogP contribution < -0.4 is 15.0 Å². The van der Waals surface area contributed by atoms with Crippen LogP contribution in [-0.2, 0) is 0 Å². The highest BCUT2D eigenvalue weighted by atomic mass is 19.1. The molecule has 3 nitrogen and oxygen atoms in total. The van der Waals surface area contributed by atoms with Gasteiger partial charge in [-0.25, -0.2) is 4.39 Å². The lowest BCUT2D eigenvalue weighted by atomic mass is 10.1. The second-order valence-electron chi connectivity index (χ2n) is 4.01. The number of rotatable bonds is 2. The maximum Gasteiger partial charge on any atom is 0.167 e. The van der Waals surface area contributed by atoms with Gasteiger partial charge in [0.2, 0.25) is 0 Å². The van der Waals surface area contributed by atoms with Crippen LogP contribution in [0.4, 0.5) is 10.1 Å². The lowest BCUT2D eigenvalue weighted by Crippen LogP contribution is -2.43. The van der Waals surface area contributed by atoms with Crippen molar-refractivity contribution in [3.05, 3.63) is 23.5 Å². The molecule has 0 radical (unpaired) electrons. The molecular formula is C12H17FN2O. The molecule has 0 amide bonds. The molecule has 1 fully saturated rings. The molecule has 0 aromatic heterocycles. The van der Waals surface area contributed by atoms with Crippen LogP contribution in [0.3, 0.4) is 0 Å². The molecule has 0 spiro atoms. The fourth-order valence-corrected chi connectivity index (χ4v) is 2.05. The molecule has 16 heavy (non-hydrogen) atoms. The molecule has 1 saturated heterocycles. The Hall–Kier alpha value is -1.29. The molecule has 1 aliphatic rings. The van der Waals surface area contributed by atoms with Gasteiger partial charge in [-0.3, -0.25) is 0 Å². The Labute approximate surface area is 95.2 Å². The molecule has 0 saturated carbocycles. The predicted molar refractivity (Wildman–Crippen MR) is 62.8 cm³/mol. The molecule has 0 atom stereocenters. The number of aryl methyl sites for hydroxylation is 1. The van der Waals surface area contributed by atoms with Crippen molar-refractivity contribution in [2.24, 2.45) is 0 Å². The first kappa shape index (κ1) is 11.2. The monoisotopic (exact) mass is 224 g/mol. The molecule has 88 valence electrons. The molecule has 4 heteroatoms. The van der Waals surface area contributed by atoms with Gasteiger partial charge in [0.1, 0.15) is 0 Å². The Kier molecular flexibility index (Phi) is 3.29. The largest absolute Gasteiger partial charge is 0.494 e. The van der Waals surface area contributed by atoms with E-state index in [1.54, 1.807) is 12.1 Å². The van der Waals surface area contributed by atoms with E-state index in [4.69, 9.17) is 4.74 Å². The minimum absolute atomic E-state index is 0.290. The number of nitrogens with one attached hydrogen (secondary N) is 1. The first-order valence-electron chi connectivity index (χ1n) is 5.52. The average Bonchev–Trinajstić information content (AvgIpc) is 2.32. The van der Waals surface area contributed by atoms with Crippen molar-refractivity contribution in [3.63, 3.8) is 0 Å². The fourth-order valence-electron chi connectivity index (χ4n) is 2.05. The van der Waals surface area contributed by atoms with Crippen molar-refractivity contribution < 1.29 is 9.13 Å². The molecular weight excluding hydrogens is 207 g/mol. The first-order chi connectivity index (χ1) is 7.72. The summed E-state index contributed by atoms with van der Waals surface area (Å²) in [7, 11) is 1.49. The molecule has 0 aliphatic carbocycles. The maximum atomic E-state index is 13.6. The van der Waals surface area contributed by atoms with Crippen molar-refractivity contribution in [1.29, 1.82) is 0 Å². The van der Waals surface area contributed by atoms with Crippen molar-refractivity contribution in [1.82, 2.24) is 5.32 Å². The first-order valence-corrected chi connectivity index (χ1v) is 5.52. The van der Waals surface area contributed by atoms with E-state index in [0.717, 1.165) is 37.4 Å². The van der Waals surface area contributed by atoms with Crippen LogP contribution in [0.1, 0.15) is 5.56 Å². The predicted octanol–water partition coefficient (Wildman–Crippen LogP) is 1.55. The minimum Gasteiger partial charge on any atom is -0.494 e.